The largest absolute Gasteiger partial charge is 0.345 e. The highest BCUT2D eigenvalue weighted by Crippen LogP contribution is 2.23. The van der Waals surface area contributed by atoms with Gasteiger partial charge in [-0.15, -0.1) is 11.3 Å². The highest BCUT2D eigenvalue weighted by atomic mass is 79.9. The molecule has 0 spiro atoms. The van der Waals surface area contributed by atoms with Crippen LogP contribution in [0.3, 0.4) is 0 Å². The molecule has 0 unspecified atom stereocenters. The Morgan fingerprint density at radius 1 is 1.28 bits per heavy atom. The minimum atomic E-state index is 0.154. The summed E-state index contributed by atoms with van der Waals surface area (Å²) >= 11 is 5.30. The smallest absolute Gasteiger partial charge is 0.0702 e. The molecule has 0 amide bonds. The van der Waals surface area contributed by atoms with Crippen LogP contribution in [0, 0.1) is 0 Å². The minimum absolute atomic E-state index is 0.154. The zero-order chi connectivity index (χ0) is 13.2. The van der Waals surface area contributed by atoms with Gasteiger partial charge in [-0.25, -0.2) is 0 Å². The summed E-state index contributed by atoms with van der Waals surface area (Å²) in [6, 6.07) is 8.58. The van der Waals surface area contributed by atoms with Gasteiger partial charge in [0.25, 0.3) is 0 Å². The summed E-state index contributed by atoms with van der Waals surface area (Å²) in [6.07, 6.45) is 2.15. The van der Waals surface area contributed by atoms with Gasteiger partial charge in [-0.1, -0.05) is 0 Å². The Kier molecular flexibility index (Phi) is 4.30. The third-order valence-electron chi connectivity index (χ3n) is 2.68. The number of hydrogen-bond acceptors (Lipinski definition) is 2. The number of aromatic nitrogens is 1. The van der Waals surface area contributed by atoms with Crippen LogP contribution in [0.2, 0.25) is 0 Å². The predicted molar refractivity (Wildman–Crippen MR) is 82.1 cm³/mol. The van der Waals surface area contributed by atoms with Crippen LogP contribution in [0.15, 0.2) is 34.2 Å². The summed E-state index contributed by atoms with van der Waals surface area (Å²) in [6.45, 7) is 8.43. The molecule has 0 aliphatic carbocycles. The van der Waals surface area contributed by atoms with Gasteiger partial charge in [0.15, 0.2) is 0 Å². The maximum Gasteiger partial charge on any atom is 0.0702 e. The first kappa shape index (κ1) is 13.8. The molecule has 2 aromatic rings. The van der Waals surface area contributed by atoms with Crippen molar-refractivity contribution in [2.45, 2.75) is 39.4 Å². The molecule has 98 valence electrons. The maximum absolute atomic E-state index is 3.53. The molecule has 0 bridgehead atoms. The van der Waals surface area contributed by atoms with E-state index < -0.39 is 0 Å². The zero-order valence-electron chi connectivity index (χ0n) is 11.0. The van der Waals surface area contributed by atoms with Crippen molar-refractivity contribution in [3.05, 3.63) is 44.8 Å². The molecule has 1 N–H and O–H groups in total. The predicted octanol–water partition coefficient (Wildman–Crippen LogP) is 4.25. The van der Waals surface area contributed by atoms with Gasteiger partial charge < -0.3 is 9.88 Å². The third kappa shape index (κ3) is 3.97. The second-order valence-electron chi connectivity index (χ2n) is 5.44. The van der Waals surface area contributed by atoms with E-state index in [1.54, 1.807) is 11.3 Å². The highest BCUT2D eigenvalue weighted by Gasteiger charge is 2.10. The van der Waals surface area contributed by atoms with Crippen LogP contribution >= 0.6 is 27.3 Å². The average Bonchev–Trinajstić information content (AvgIpc) is 2.85. The molecular formula is C14H19BrN2S. The molecule has 2 aromatic heterocycles. The lowest BCUT2D eigenvalue weighted by atomic mass is 10.1. The molecule has 18 heavy (non-hydrogen) atoms. The second kappa shape index (κ2) is 5.59. The lowest BCUT2D eigenvalue weighted by Crippen LogP contribution is -2.35. The molecule has 2 heterocycles. The second-order valence-corrected chi connectivity index (χ2v) is 7.98. The number of halogens is 1. The SMILES string of the molecule is CC(C)(C)NCc1cccn1Cc1ccc(Br)s1. The van der Waals surface area contributed by atoms with E-state index in [1.807, 2.05) is 0 Å². The van der Waals surface area contributed by atoms with Crippen LogP contribution in [-0.4, -0.2) is 10.1 Å². The third-order valence-corrected chi connectivity index (χ3v) is 4.29. The van der Waals surface area contributed by atoms with E-state index in [0.717, 1.165) is 13.1 Å². The molecule has 0 fully saturated rings. The molecule has 0 aromatic carbocycles. The van der Waals surface area contributed by atoms with Gasteiger partial charge >= 0.3 is 0 Å². The van der Waals surface area contributed by atoms with Crippen LogP contribution in [0.5, 0.6) is 0 Å². The molecule has 2 rings (SSSR count). The van der Waals surface area contributed by atoms with E-state index in [2.05, 4.69) is 77.0 Å². The number of rotatable bonds is 4. The molecule has 0 saturated carbocycles. The molecule has 0 saturated heterocycles. The van der Waals surface area contributed by atoms with Gasteiger partial charge in [0.2, 0.25) is 0 Å². The first-order valence-electron chi connectivity index (χ1n) is 6.07. The summed E-state index contributed by atoms with van der Waals surface area (Å²) < 4.78 is 3.50. The lowest BCUT2D eigenvalue weighted by molar-refractivity contribution is 0.417. The maximum atomic E-state index is 3.53. The van der Waals surface area contributed by atoms with Gasteiger partial charge in [-0.2, -0.15) is 0 Å². The highest BCUT2D eigenvalue weighted by molar-refractivity contribution is 9.11. The van der Waals surface area contributed by atoms with E-state index in [9.17, 15) is 0 Å². The first-order valence-corrected chi connectivity index (χ1v) is 7.68. The standard InChI is InChI=1S/C14H19BrN2S/c1-14(2,3)16-9-11-5-4-8-17(11)10-12-6-7-13(15)18-12/h4-8,16H,9-10H2,1-3H3. The quantitative estimate of drug-likeness (QED) is 0.888. The number of nitrogens with zero attached hydrogens (tertiary/aromatic N) is 1. The molecular weight excluding hydrogens is 308 g/mol. The van der Waals surface area contributed by atoms with Crippen LogP contribution in [0.4, 0.5) is 0 Å². The Bertz CT molecular complexity index is 508. The van der Waals surface area contributed by atoms with E-state index >= 15 is 0 Å². The van der Waals surface area contributed by atoms with E-state index in [-0.39, 0.29) is 5.54 Å². The molecule has 0 atom stereocenters. The fourth-order valence-electron chi connectivity index (χ4n) is 1.72. The Morgan fingerprint density at radius 3 is 2.67 bits per heavy atom. The fourth-order valence-corrected chi connectivity index (χ4v) is 3.21. The van der Waals surface area contributed by atoms with Crippen molar-refractivity contribution in [1.82, 2.24) is 9.88 Å². The monoisotopic (exact) mass is 326 g/mol. The van der Waals surface area contributed by atoms with Gasteiger partial charge in [-0.3, -0.25) is 0 Å². The van der Waals surface area contributed by atoms with E-state index in [4.69, 9.17) is 0 Å². The number of nitrogens with one attached hydrogen (secondary N) is 1. The van der Waals surface area contributed by atoms with E-state index in [1.165, 1.54) is 14.4 Å². The van der Waals surface area contributed by atoms with Crippen molar-refractivity contribution >= 4 is 27.3 Å². The molecule has 4 heteroatoms. The van der Waals surface area contributed by atoms with Gasteiger partial charge in [0.05, 0.1) is 10.3 Å². The summed E-state index contributed by atoms with van der Waals surface area (Å²) in [5, 5.41) is 3.53. The van der Waals surface area contributed by atoms with Crippen LogP contribution in [0.25, 0.3) is 0 Å². The van der Waals surface area contributed by atoms with Crippen molar-refractivity contribution < 1.29 is 0 Å². The van der Waals surface area contributed by atoms with Gasteiger partial charge in [0.1, 0.15) is 0 Å². The Morgan fingerprint density at radius 2 is 2.06 bits per heavy atom. The van der Waals surface area contributed by atoms with E-state index in [0.29, 0.717) is 0 Å². The summed E-state index contributed by atoms with van der Waals surface area (Å²) in [4.78, 5) is 1.37. The first-order chi connectivity index (χ1) is 8.44. The number of thiophene rings is 1. The van der Waals surface area contributed by atoms with Crippen molar-refractivity contribution in [2.24, 2.45) is 0 Å². The van der Waals surface area contributed by atoms with Crippen LogP contribution in [-0.2, 0) is 13.1 Å². The Labute approximate surface area is 121 Å². The van der Waals surface area contributed by atoms with Crippen molar-refractivity contribution in [1.29, 1.82) is 0 Å². The van der Waals surface area contributed by atoms with Gasteiger partial charge in [-0.05, 0) is 61.0 Å². The van der Waals surface area contributed by atoms with Crippen molar-refractivity contribution in [3.8, 4) is 0 Å². The summed E-state index contributed by atoms with van der Waals surface area (Å²) in [7, 11) is 0. The zero-order valence-corrected chi connectivity index (χ0v) is 13.4. The molecule has 0 aliphatic heterocycles. The topological polar surface area (TPSA) is 17.0 Å². The molecule has 0 aliphatic rings. The summed E-state index contributed by atoms with van der Waals surface area (Å²) in [5.41, 5.74) is 1.48. The van der Waals surface area contributed by atoms with Gasteiger partial charge in [0, 0.05) is 28.9 Å². The lowest BCUT2D eigenvalue weighted by Gasteiger charge is -2.21. The van der Waals surface area contributed by atoms with Crippen molar-refractivity contribution in [2.75, 3.05) is 0 Å². The number of hydrogen-bond donors (Lipinski definition) is 1. The minimum Gasteiger partial charge on any atom is -0.345 e. The fraction of sp³-hybridized carbons (Fsp3) is 0.429. The average molecular weight is 327 g/mol. The van der Waals surface area contributed by atoms with Crippen LogP contribution in [0.1, 0.15) is 31.3 Å². The molecule has 0 radical (unpaired) electrons. The Balaban J connectivity index is 2.03. The Hall–Kier alpha value is -0.580. The van der Waals surface area contributed by atoms with Crippen molar-refractivity contribution in [3.63, 3.8) is 0 Å². The van der Waals surface area contributed by atoms with Crippen LogP contribution < -0.4 is 5.32 Å². The summed E-state index contributed by atoms with van der Waals surface area (Å²) in [5.74, 6) is 0. The normalized spacial score (nSPS) is 12.0. The molecule has 2 nitrogen and oxygen atoms in total.